The monoisotopic (exact) mass is 207 g/mol. The second-order valence-corrected chi connectivity index (χ2v) is 3.14. The summed E-state index contributed by atoms with van der Waals surface area (Å²) in [7, 11) is 0. The number of hydrogen-bond acceptors (Lipinski definition) is 2. The third-order valence-corrected chi connectivity index (χ3v) is 1.98. The Kier molecular flexibility index (Phi) is 5.82. The van der Waals surface area contributed by atoms with Gasteiger partial charge in [-0.1, -0.05) is 0 Å². The first kappa shape index (κ1) is 12.5. The summed E-state index contributed by atoms with van der Waals surface area (Å²) in [5, 5.41) is 6.08. The third-order valence-electron chi connectivity index (χ3n) is 1.98. The van der Waals surface area contributed by atoms with Crippen LogP contribution < -0.4 is 10.6 Å². The second-order valence-electron chi connectivity index (χ2n) is 3.14. The van der Waals surface area contributed by atoms with Gasteiger partial charge < -0.3 is 15.5 Å². The van der Waals surface area contributed by atoms with E-state index in [4.69, 9.17) is 0 Å². The summed E-state index contributed by atoms with van der Waals surface area (Å²) in [4.78, 5) is 13.2. The minimum Gasteiger partial charge on any atom is -0.338 e. The van der Waals surface area contributed by atoms with Crippen LogP contribution in [0.1, 0.15) is 13.8 Å². The van der Waals surface area contributed by atoms with Crippen molar-refractivity contribution in [3.05, 3.63) is 0 Å². The summed E-state index contributed by atoms with van der Waals surface area (Å²) in [5.41, 5.74) is 0. The van der Waals surface area contributed by atoms with E-state index in [0.717, 1.165) is 19.6 Å². The molecule has 1 aliphatic rings. The van der Waals surface area contributed by atoms with Crippen molar-refractivity contribution in [1.82, 2.24) is 15.5 Å². The molecular weight excluding hydrogens is 190 g/mol. The van der Waals surface area contributed by atoms with Crippen LogP contribution in [0.15, 0.2) is 0 Å². The predicted octanol–water partition coefficient (Wildman–Crippen LogP) is 0.431. The van der Waals surface area contributed by atoms with Crippen LogP contribution in [0.3, 0.4) is 0 Å². The average Bonchev–Trinajstić information content (AvgIpc) is 2.05. The Balaban J connectivity index is 0.00000144. The molecule has 0 aromatic carbocycles. The average molecular weight is 208 g/mol. The Morgan fingerprint density at radius 1 is 1.69 bits per heavy atom. The molecule has 13 heavy (non-hydrogen) atoms. The van der Waals surface area contributed by atoms with Gasteiger partial charge in [0.2, 0.25) is 0 Å². The summed E-state index contributed by atoms with van der Waals surface area (Å²) in [6, 6.07) is 0.479. The smallest absolute Gasteiger partial charge is 0.317 e. The number of urea groups is 1. The lowest BCUT2D eigenvalue weighted by Gasteiger charge is -2.31. The molecule has 0 bridgehead atoms. The molecule has 4 nitrogen and oxygen atoms in total. The van der Waals surface area contributed by atoms with Crippen molar-refractivity contribution < 1.29 is 4.79 Å². The summed E-state index contributed by atoms with van der Waals surface area (Å²) < 4.78 is 0. The number of hydrogen-bond donors (Lipinski definition) is 2. The molecule has 1 fully saturated rings. The number of amides is 2. The molecule has 0 aromatic heterocycles. The Labute approximate surface area is 85.5 Å². The summed E-state index contributed by atoms with van der Waals surface area (Å²) in [6.07, 6.45) is 0. The molecule has 5 heteroatoms. The van der Waals surface area contributed by atoms with Crippen molar-refractivity contribution in [3.63, 3.8) is 0 Å². The Hall–Kier alpha value is -0.480. The molecule has 1 aliphatic heterocycles. The van der Waals surface area contributed by atoms with E-state index in [0.29, 0.717) is 12.6 Å². The highest BCUT2D eigenvalue weighted by Gasteiger charge is 2.19. The molecule has 0 unspecified atom stereocenters. The van der Waals surface area contributed by atoms with Gasteiger partial charge >= 0.3 is 6.03 Å². The number of nitrogens with zero attached hydrogens (tertiary/aromatic N) is 1. The first-order valence-electron chi connectivity index (χ1n) is 4.50. The predicted molar refractivity (Wildman–Crippen MR) is 55.4 cm³/mol. The number of carbonyl (C=O) groups is 1. The number of nitrogens with one attached hydrogen (secondary N) is 2. The number of carbonyl (C=O) groups excluding carboxylic acids is 1. The molecule has 0 aromatic rings. The maximum atomic E-state index is 11.3. The number of halogens is 1. The lowest BCUT2D eigenvalue weighted by Crippen LogP contribution is -2.54. The van der Waals surface area contributed by atoms with Gasteiger partial charge in [0.15, 0.2) is 0 Å². The van der Waals surface area contributed by atoms with E-state index in [9.17, 15) is 4.79 Å². The van der Waals surface area contributed by atoms with E-state index in [-0.39, 0.29) is 18.4 Å². The third kappa shape index (κ3) is 3.83. The van der Waals surface area contributed by atoms with Gasteiger partial charge in [-0.2, -0.15) is 0 Å². The fourth-order valence-electron chi connectivity index (χ4n) is 1.38. The molecule has 1 saturated heterocycles. The molecule has 2 N–H and O–H groups in total. The fraction of sp³-hybridized carbons (Fsp3) is 0.875. The van der Waals surface area contributed by atoms with Gasteiger partial charge in [-0.25, -0.2) is 4.79 Å². The molecule has 78 valence electrons. The maximum absolute atomic E-state index is 11.3. The van der Waals surface area contributed by atoms with Crippen LogP contribution in [0.25, 0.3) is 0 Å². The van der Waals surface area contributed by atoms with E-state index in [1.807, 2.05) is 11.8 Å². The van der Waals surface area contributed by atoms with Crippen molar-refractivity contribution in [2.75, 3.05) is 26.2 Å². The van der Waals surface area contributed by atoms with Crippen LogP contribution in [0.4, 0.5) is 4.79 Å². The van der Waals surface area contributed by atoms with E-state index in [2.05, 4.69) is 17.6 Å². The zero-order valence-electron chi connectivity index (χ0n) is 8.17. The highest BCUT2D eigenvalue weighted by Crippen LogP contribution is 1.97. The normalized spacial score (nSPS) is 22.0. The van der Waals surface area contributed by atoms with Crippen LogP contribution in [0, 0.1) is 0 Å². The highest BCUT2D eigenvalue weighted by molar-refractivity contribution is 5.85. The quantitative estimate of drug-likeness (QED) is 0.655. The van der Waals surface area contributed by atoms with E-state index < -0.39 is 0 Å². The van der Waals surface area contributed by atoms with Crippen molar-refractivity contribution in [1.29, 1.82) is 0 Å². The van der Waals surface area contributed by atoms with Crippen LogP contribution in [-0.4, -0.2) is 43.2 Å². The zero-order chi connectivity index (χ0) is 8.97. The molecular formula is C8H18ClN3O. The molecule has 0 radical (unpaired) electrons. The van der Waals surface area contributed by atoms with Gasteiger partial charge in [0, 0.05) is 32.2 Å². The van der Waals surface area contributed by atoms with E-state index >= 15 is 0 Å². The Morgan fingerprint density at radius 2 is 2.38 bits per heavy atom. The molecule has 0 aliphatic carbocycles. The minimum absolute atomic E-state index is 0. The molecule has 0 saturated carbocycles. The standard InChI is InChI=1S/C8H17N3O.ClH/c1-3-9-8(12)11-5-4-10-7(2)6-11;/h7,10H,3-6H2,1-2H3,(H,9,12);1H/t7-;/m0./s1. The van der Waals surface area contributed by atoms with Crippen molar-refractivity contribution in [2.45, 2.75) is 19.9 Å². The van der Waals surface area contributed by atoms with Gasteiger partial charge in [-0.3, -0.25) is 0 Å². The van der Waals surface area contributed by atoms with Crippen LogP contribution in [0.5, 0.6) is 0 Å². The number of rotatable bonds is 1. The van der Waals surface area contributed by atoms with Gasteiger partial charge in [0.25, 0.3) is 0 Å². The highest BCUT2D eigenvalue weighted by atomic mass is 35.5. The van der Waals surface area contributed by atoms with Crippen molar-refractivity contribution in [2.24, 2.45) is 0 Å². The van der Waals surface area contributed by atoms with Crippen molar-refractivity contribution >= 4 is 18.4 Å². The Morgan fingerprint density at radius 3 is 2.92 bits per heavy atom. The fourth-order valence-corrected chi connectivity index (χ4v) is 1.38. The van der Waals surface area contributed by atoms with Crippen molar-refractivity contribution in [3.8, 4) is 0 Å². The van der Waals surface area contributed by atoms with Gasteiger partial charge in [-0.05, 0) is 13.8 Å². The summed E-state index contributed by atoms with van der Waals surface area (Å²) in [5.74, 6) is 0. The zero-order valence-corrected chi connectivity index (χ0v) is 8.99. The van der Waals surface area contributed by atoms with Crippen LogP contribution in [0.2, 0.25) is 0 Å². The topological polar surface area (TPSA) is 44.4 Å². The summed E-state index contributed by atoms with van der Waals surface area (Å²) >= 11 is 0. The molecule has 1 rings (SSSR count). The lowest BCUT2D eigenvalue weighted by atomic mass is 10.2. The van der Waals surface area contributed by atoms with Gasteiger partial charge in [0.05, 0.1) is 0 Å². The largest absolute Gasteiger partial charge is 0.338 e. The molecule has 2 amide bonds. The minimum atomic E-state index is 0. The Bertz CT molecular complexity index is 165. The first-order chi connectivity index (χ1) is 5.74. The molecule has 1 heterocycles. The van der Waals surface area contributed by atoms with E-state index in [1.54, 1.807) is 0 Å². The SMILES string of the molecule is CCNC(=O)N1CCN[C@@H](C)C1.Cl. The van der Waals surface area contributed by atoms with Gasteiger partial charge in [-0.15, -0.1) is 12.4 Å². The first-order valence-corrected chi connectivity index (χ1v) is 4.50. The lowest BCUT2D eigenvalue weighted by molar-refractivity contribution is 0.180. The molecule has 1 atom stereocenters. The van der Waals surface area contributed by atoms with Gasteiger partial charge in [0.1, 0.15) is 0 Å². The number of piperazine rings is 1. The second kappa shape index (κ2) is 6.05. The van der Waals surface area contributed by atoms with E-state index in [1.165, 1.54) is 0 Å². The van der Waals surface area contributed by atoms with Crippen LogP contribution in [-0.2, 0) is 0 Å². The van der Waals surface area contributed by atoms with Crippen LogP contribution >= 0.6 is 12.4 Å². The summed E-state index contributed by atoms with van der Waals surface area (Å²) in [6.45, 7) is 7.26. The maximum Gasteiger partial charge on any atom is 0.317 e. The molecule has 0 spiro atoms.